The van der Waals surface area contributed by atoms with E-state index >= 15 is 0 Å². The molecule has 0 saturated heterocycles. The predicted octanol–water partition coefficient (Wildman–Crippen LogP) is 3.53. The van der Waals surface area contributed by atoms with Gasteiger partial charge >= 0.3 is 0 Å². The molecular formula is C15H23NO. The Morgan fingerprint density at radius 2 is 2.00 bits per heavy atom. The number of nitrogens with zero attached hydrogens (tertiary/aromatic N) is 1. The smallest absolute Gasteiger partial charge is 0.0807 e. The fraction of sp³-hybridized carbons (Fsp3) is 0.467. The van der Waals surface area contributed by atoms with E-state index in [2.05, 4.69) is 24.5 Å². The molecule has 2 heteroatoms. The van der Waals surface area contributed by atoms with Crippen LogP contribution in [0.2, 0.25) is 0 Å². The first kappa shape index (κ1) is 13.8. The average Bonchev–Trinajstić information content (AvgIpc) is 2.34. The van der Waals surface area contributed by atoms with Gasteiger partial charge < -0.3 is 10.0 Å². The lowest BCUT2D eigenvalue weighted by Crippen LogP contribution is -2.26. The molecule has 0 aliphatic carbocycles. The summed E-state index contributed by atoms with van der Waals surface area (Å²) in [6.07, 6.45) is 0.354. The SMILES string of the molecule is C=C(C)CN(CC)c1ccccc1C(O)CC. The number of para-hydroxylation sites is 1. The number of anilines is 1. The lowest BCUT2D eigenvalue weighted by Gasteiger charge is -2.27. The maximum atomic E-state index is 10.0. The maximum Gasteiger partial charge on any atom is 0.0807 e. The topological polar surface area (TPSA) is 23.5 Å². The second-order valence-electron chi connectivity index (χ2n) is 4.45. The molecule has 1 N–H and O–H groups in total. The average molecular weight is 233 g/mol. The van der Waals surface area contributed by atoms with Crippen molar-refractivity contribution in [2.45, 2.75) is 33.3 Å². The number of hydrogen-bond donors (Lipinski definition) is 1. The highest BCUT2D eigenvalue weighted by Gasteiger charge is 2.14. The minimum atomic E-state index is -0.384. The summed E-state index contributed by atoms with van der Waals surface area (Å²) < 4.78 is 0. The monoisotopic (exact) mass is 233 g/mol. The van der Waals surface area contributed by atoms with Crippen LogP contribution in [0.3, 0.4) is 0 Å². The minimum absolute atomic E-state index is 0.384. The van der Waals surface area contributed by atoms with E-state index in [9.17, 15) is 5.11 Å². The third-order valence-electron chi connectivity index (χ3n) is 2.87. The third-order valence-corrected chi connectivity index (χ3v) is 2.87. The molecule has 0 aromatic heterocycles. The Hall–Kier alpha value is -1.28. The first-order chi connectivity index (χ1) is 8.10. The van der Waals surface area contributed by atoms with E-state index in [0.29, 0.717) is 0 Å². The van der Waals surface area contributed by atoms with Crippen molar-refractivity contribution in [2.24, 2.45) is 0 Å². The van der Waals surface area contributed by atoms with Crippen molar-refractivity contribution in [3.8, 4) is 0 Å². The first-order valence-corrected chi connectivity index (χ1v) is 6.26. The summed E-state index contributed by atoms with van der Waals surface area (Å²) in [5.41, 5.74) is 3.26. The Bertz CT molecular complexity index is 373. The second-order valence-corrected chi connectivity index (χ2v) is 4.45. The molecule has 1 aromatic rings. The maximum absolute atomic E-state index is 10.0. The van der Waals surface area contributed by atoms with Crippen LogP contribution in [-0.4, -0.2) is 18.2 Å². The lowest BCUT2D eigenvalue weighted by atomic mass is 10.0. The normalized spacial score (nSPS) is 12.2. The Kier molecular flexibility index (Phi) is 5.23. The minimum Gasteiger partial charge on any atom is -0.388 e. The fourth-order valence-corrected chi connectivity index (χ4v) is 1.97. The zero-order valence-electron chi connectivity index (χ0n) is 11.1. The van der Waals surface area contributed by atoms with E-state index < -0.39 is 0 Å². The summed E-state index contributed by atoms with van der Waals surface area (Å²) in [7, 11) is 0. The number of hydrogen-bond acceptors (Lipinski definition) is 2. The van der Waals surface area contributed by atoms with E-state index in [1.54, 1.807) is 0 Å². The van der Waals surface area contributed by atoms with Gasteiger partial charge in [-0.3, -0.25) is 0 Å². The summed E-state index contributed by atoms with van der Waals surface area (Å²) >= 11 is 0. The van der Waals surface area contributed by atoms with Crippen molar-refractivity contribution < 1.29 is 5.11 Å². The molecule has 0 fully saturated rings. The molecule has 0 heterocycles. The summed E-state index contributed by atoms with van der Waals surface area (Å²) in [4.78, 5) is 2.25. The molecule has 0 radical (unpaired) electrons. The Morgan fingerprint density at radius 1 is 1.35 bits per heavy atom. The highest BCUT2D eigenvalue weighted by Crippen LogP contribution is 2.28. The Balaban J connectivity index is 3.05. The molecule has 1 rings (SSSR count). The summed E-state index contributed by atoms with van der Waals surface area (Å²) in [5.74, 6) is 0. The number of aliphatic hydroxyl groups excluding tert-OH is 1. The highest BCUT2D eigenvalue weighted by molar-refractivity contribution is 5.55. The lowest BCUT2D eigenvalue weighted by molar-refractivity contribution is 0.174. The van der Waals surface area contributed by atoms with Crippen LogP contribution in [0.5, 0.6) is 0 Å². The number of rotatable bonds is 6. The zero-order valence-corrected chi connectivity index (χ0v) is 11.1. The highest BCUT2D eigenvalue weighted by atomic mass is 16.3. The largest absolute Gasteiger partial charge is 0.388 e. The van der Waals surface area contributed by atoms with Crippen LogP contribution < -0.4 is 4.90 Å². The van der Waals surface area contributed by atoms with Gasteiger partial charge in [0, 0.05) is 24.3 Å². The van der Waals surface area contributed by atoms with Crippen LogP contribution >= 0.6 is 0 Å². The quantitative estimate of drug-likeness (QED) is 0.760. The molecule has 0 bridgehead atoms. The van der Waals surface area contributed by atoms with Gasteiger partial charge in [-0.1, -0.05) is 37.3 Å². The Labute approximate surface area is 105 Å². The number of benzene rings is 1. The summed E-state index contributed by atoms with van der Waals surface area (Å²) in [5, 5.41) is 10.0. The van der Waals surface area contributed by atoms with Crippen LogP contribution in [0.15, 0.2) is 36.4 Å². The first-order valence-electron chi connectivity index (χ1n) is 6.26. The van der Waals surface area contributed by atoms with Gasteiger partial charge in [-0.15, -0.1) is 0 Å². The zero-order chi connectivity index (χ0) is 12.8. The molecule has 0 spiro atoms. The van der Waals surface area contributed by atoms with Gasteiger partial charge in [0.25, 0.3) is 0 Å². The van der Waals surface area contributed by atoms with E-state index in [4.69, 9.17) is 0 Å². The second kappa shape index (κ2) is 6.45. The van der Waals surface area contributed by atoms with Crippen molar-refractivity contribution in [3.63, 3.8) is 0 Å². The molecule has 0 amide bonds. The van der Waals surface area contributed by atoms with E-state index in [0.717, 1.165) is 36.3 Å². The molecule has 1 atom stereocenters. The van der Waals surface area contributed by atoms with Gasteiger partial charge in [0.2, 0.25) is 0 Å². The molecule has 0 aliphatic rings. The van der Waals surface area contributed by atoms with E-state index in [-0.39, 0.29) is 6.10 Å². The van der Waals surface area contributed by atoms with Crippen LogP contribution in [0, 0.1) is 0 Å². The van der Waals surface area contributed by atoms with Crippen molar-refractivity contribution in [2.75, 3.05) is 18.0 Å². The van der Waals surface area contributed by atoms with Crippen molar-refractivity contribution in [3.05, 3.63) is 42.0 Å². The van der Waals surface area contributed by atoms with E-state index in [1.807, 2.05) is 32.0 Å². The number of aliphatic hydroxyl groups is 1. The van der Waals surface area contributed by atoms with Gasteiger partial charge in [0.05, 0.1) is 6.10 Å². The molecule has 1 unspecified atom stereocenters. The molecule has 17 heavy (non-hydrogen) atoms. The third kappa shape index (κ3) is 3.60. The summed E-state index contributed by atoms with van der Waals surface area (Å²) in [6.45, 7) is 11.9. The van der Waals surface area contributed by atoms with Crippen molar-refractivity contribution >= 4 is 5.69 Å². The molecule has 94 valence electrons. The van der Waals surface area contributed by atoms with Gasteiger partial charge in [-0.2, -0.15) is 0 Å². The van der Waals surface area contributed by atoms with Crippen molar-refractivity contribution in [1.82, 2.24) is 0 Å². The van der Waals surface area contributed by atoms with Crippen LogP contribution in [0.4, 0.5) is 5.69 Å². The Morgan fingerprint density at radius 3 is 2.53 bits per heavy atom. The molecule has 2 nitrogen and oxygen atoms in total. The van der Waals surface area contributed by atoms with Gasteiger partial charge in [-0.05, 0) is 26.3 Å². The van der Waals surface area contributed by atoms with Gasteiger partial charge in [0.1, 0.15) is 0 Å². The van der Waals surface area contributed by atoms with Gasteiger partial charge in [0.15, 0.2) is 0 Å². The van der Waals surface area contributed by atoms with Crippen LogP contribution in [-0.2, 0) is 0 Å². The van der Waals surface area contributed by atoms with Gasteiger partial charge in [-0.25, -0.2) is 0 Å². The molecular weight excluding hydrogens is 210 g/mol. The van der Waals surface area contributed by atoms with Crippen LogP contribution in [0.1, 0.15) is 38.9 Å². The molecule has 1 aromatic carbocycles. The fourth-order valence-electron chi connectivity index (χ4n) is 1.97. The van der Waals surface area contributed by atoms with Crippen molar-refractivity contribution in [1.29, 1.82) is 0 Å². The summed E-state index contributed by atoms with van der Waals surface area (Å²) in [6, 6.07) is 8.07. The number of likely N-dealkylation sites (N-methyl/N-ethyl adjacent to an activating group) is 1. The standard InChI is InChI=1S/C15H23NO/c1-5-15(17)13-9-7-8-10-14(13)16(6-2)11-12(3)4/h7-10,15,17H,3,5-6,11H2,1-2,4H3. The van der Waals surface area contributed by atoms with Crippen LogP contribution in [0.25, 0.3) is 0 Å². The predicted molar refractivity (Wildman–Crippen MR) is 74.4 cm³/mol. The molecule has 0 aliphatic heterocycles. The van der Waals surface area contributed by atoms with E-state index in [1.165, 1.54) is 0 Å². The molecule has 0 saturated carbocycles.